The maximum absolute atomic E-state index is 12.2. The van der Waals surface area contributed by atoms with Crippen molar-refractivity contribution in [1.29, 1.82) is 0 Å². The van der Waals surface area contributed by atoms with Gasteiger partial charge in [0.2, 0.25) is 0 Å². The Hall–Kier alpha value is -1.54. The molecule has 2 aliphatic rings. The van der Waals surface area contributed by atoms with Crippen LogP contribution in [0, 0.1) is 5.92 Å². The molecule has 0 bridgehead atoms. The van der Waals surface area contributed by atoms with Crippen LogP contribution in [-0.2, 0) is 9.47 Å². The average Bonchev–Trinajstić information content (AvgIpc) is 2.60. The van der Waals surface area contributed by atoms with Crippen molar-refractivity contribution in [3.05, 3.63) is 0 Å². The molecule has 0 saturated carbocycles. The van der Waals surface area contributed by atoms with Crippen LogP contribution in [0.1, 0.15) is 19.8 Å². The average molecular weight is 342 g/mol. The Morgan fingerprint density at radius 3 is 2.67 bits per heavy atom. The van der Waals surface area contributed by atoms with Gasteiger partial charge in [-0.05, 0) is 25.7 Å². The van der Waals surface area contributed by atoms with Crippen LogP contribution in [0.15, 0.2) is 0 Å². The zero-order valence-electron chi connectivity index (χ0n) is 14.6. The van der Waals surface area contributed by atoms with Crippen molar-refractivity contribution in [2.45, 2.75) is 19.8 Å². The van der Waals surface area contributed by atoms with E-state index in [0.717, 1.165) is 52.4 Å². The van der Waals surface area contributed by atoms with Gasteiger partial charge in [-0.3, -0.25) is 4.90 Å². The molecular formula is C16H30N4O4. The van der Waals surface area contributed by atoms with Crippen LogP contribution in [0.5, 0.6) is 0 Å². The number of carbonyl (C=O) groups is 2. The summed E-state index contributed by atoms with van der Waals surface area (Å²) in [4.78, 5) is 27.7. The molecule has 2 heterocycles. The predicted molar refractivity (Wildman–Crippen MR) is 90.0 cm³/mol. The molecule has 2 rings (SSSR count). The number of carbonyl (C=O) groups excluding carboxylic acids is 2. The molecule has 2 saturated heterocycles. The fourth-order valence-corrected chi connectivity index (χ4v) is 3.18. The molecule has 0 radical (unpaired) electrons. The van der Waals surface area contributed by atoms with Gasteiger partial charge in [-0.1, -0.05) is 0 Å². The molecule has 2 fully saturated rings. The summed E-state index contributed by atoms with van der Waals surface area (Å²) < 4.78 is 10.1. The normalized spacial score (nSPS) is 22.0. The molecule has 2 N–H and O–H groups in total. The van der Waals surface area contributed by atoms with Crippen LogP contribution in [0.25, 0.3) is 0 Å². The smallest absolute Gasteiger partial charge is 0.407 e. The quantitative estimate of drug-likeness (QED) is 0.686. The van der Waals surface area contributed by atoms with Gasteiger partial charge in [0.25, 0.3) is 0 Å². The zero-order valence-corrected chi connectivity index (χ0v) is 14.6. The molecule has 2 aliphatic heterocycles. The molecule has 0 aromatic carbocycles. The number of nitrogens with zero attached hydrogens (tertiary/aromatic N) is 2. The van der Waals surface area contributed by atoms with Crippen LogP contribution in [0.4, 0.5) is 9.59 Å². The van der Waals surface area contributed by atoms with Crippen molar-refractivity contribution in [3.8, 4) is 0 Å². The summed E-state index contributed by atoms with van der Waals surface area (Å²) in [5, 5.41) is 5.45. The molecule has 0 spiro atoms. The minimum atomic E-state index is -0.449. The lowest BCUT2D eigenvalue weighted by Crippen LogP contribution is -2.49. The lowest BCUT2D eigenvalue weighted by atomic mass is 9.97. The van der Waals surface area contributed by atoms with E-state index in [1.54, 1.807) is 6.92 Å². The van der Waals surface area contributed by atoms with E-state index in [0.29, 0.717) is 25.6 Å². The highest BCUT2D eigenvalue weighted by atomic mass is 16.5. The third-order valence-electron chi connectivity index (χ3n) is 4.37. The molecule has 3 amide bonds. The van der Waals surface area contributed by atoms with Gasteiger partial charge >= 0.3 is 12.1 Å². The SMILES string of the molecule is CCOC(=O)NCCNC(=O)N1CCC[C@@H](CN2CCOCC2)C1. The lowest BCUT2D eigenvalue weighted by molar-refractivity contribution is 0.0249. The first-order chi connectivity index (χ1) is 11.7. The van der Waals surface area contributed by atoms with E-state index in [2.05, 4.69) is 15.5 Å². The molecule has 0 aliphatic carbocycles. The van der Waals surface area contributed by atoms with Crippen LogP contribution >= 0.6 is 0 Å². The van der Waals surface area contributed by atoms with Gasteiger partial charge in [0.05, 0.1) is 19.8 Å². The Morgan fingerprint density at radius 2 is 1.92 bits per heavy atom. The van der Waals surface area contributed by atoms with Gasteiger partial charge in [0, 0.05) is 45.8 Å². The molecule has 0 aromatic rings. The zero-order chi connectivity index (χ0) is 17.2. The van der Waals surface area contributed by atoms with Crippen LogP contribution in [0.2, 0.25) is 0 Å². The minimum absolute atomic E-state index is 0.0488. The highest BCUT2D eigenvalue weighted by molar-refractivity contribution is 5.74. The van der Waals surface area contributed by atoms with E-state index in [9.17, 15) is 9.59 Å². The molecule has 8 heteroatoms. The standard InChI is InChI=1S/C16H30N4O4/c1-2-24-16(22)18-6-5-17-15(21)20-7-3-4-14(13-20)12-19-8-10-23-11-9-19/h14H,2-13H2,1H3,(H,17,21)(H,18,22)/t14-/m0/s1. The first-order valence-corrected chi connectivity index (χ1v) is 8.92. The Balaban J connectivity index is 1.63. The van der Waals surface area contributed by atoms with Gasteiger partial charge < -0.3 is 25.0 Å². The maximum Gasteiger partial charge on any atom is 0.407 e. The summed E-state index contributed by atoms with van der Waals surface area (Å²) in [6.45, 7) is 9.11. The second-order valence-corrected chi connectivity index (χ2v) is 6.25. The van der Waals surface area contributed by atoms with Crippen molar-refractivity contribution >= 4 is 12.1 Å². The molecule has 8 nitrogen and oxygen atoms in total. The Morgan fingerprint density at radius 1 is 1.17 bits per heavy atom. The summed E-state index contributed by atoms with van der Waals surface area (Å²) >= 11 is 0. The van der Waals surface area contributed by atoms with Gasteiger partial charge in [-0.15, -0.1) is 0 Å². The number of nitrogens with one attached hydrogen (secondary N) is 2. The highest BCUT2D eigenvalue weighted by Crippen LogP contribution is 2.18. The van der Waals surface area contributed by atoms with Gasteiger partial charge in [-0.2, -0.15) is 0 Å². The van der Waals surface area contributed by atoms with Crippen LogP contribution in [-0.4, -0.2) is 87.6 Å². The van der Waals surface area contributed by atoms with Gasteiger partial charge in [0.1, 0.15) is 0 Å². The summed E-state index contributed by atoms with van der Waals surface area (Å²) in [6.07, 6.45) is 1.77. The van der Waals surface area contributed by atoms with E-state index >= 15 is 0 Å². The molecule has 138 valence electrons. The monoisotopic (exact) mass is 342 g/mol. The molecule has 0 unspecified atom stereocenters. The summed E-state index contributed by atoms with van der Waals surface area (Å²) in [6, 6.07) is -0.0488. The largest absolute Gasteiger partial charge is 0.450 e. The number of amides is 3. The first kappa shape index (κ1) is 18.8. The Labute approximate surface area is 143 Å². The Bertz CT molecular complexity index is 402. The molecule has 0 aromatic heterocycles. The Kier molecular flexibility index (Phi) is 8.11. The number of morpholine rings is 1. The van der Waals surface area contributed by atoms with Crippen molar-refractivity contribution in [3.63, 3.8) is 0 Å². The number of alkyl carbamates (subject to hydrolysis) is 1. The fourth-order valence-electron chi connectivity index (χ4n) is 3.18. The number of ether oxygens (including phenoxy) is 2. The lowest BCUT2D eigenvalue weighted by Gasteiger charge is -2.36. The van der Waals surface area contributed by atoms with E-state index < -0.39 is 6.09 Å². The first-order valence-electron chi connectivity index (χ1n) is 8.92. The third-order valence-corrected chi connectivity index (χ3v) is 4.37. The number of hydrogen-bond donors (Lipinski definition) is 2. The van der Waals surface area contributed by atoms with E-state index in [1.807, 2.05) is 4.90 Å². The number of rotatable bonds is 6. The van der Waals surface area contributed by atoms with Crippen molar-refractivity contribution in [2.24, 2.45) is 5.92 Å². The molecule has 24 heavy (non-hydrogen) atoms. The highest BCUT2D eigenvalue weighted by Gasteiger charge is 2.25. The minimum Gasteiger partial charge on any atom is -0.450 e. The maximum atomic E-state index is 12.2. The van der Waals surface area contributed by atoms with Crippen LogP contribution in [0.3, 0.4) is 0 Å². The number of urea groups is 1. The van der Waals surface area contributed by atoms with Crippen molar-refractivity contribution in [2.75, 3.05) is 65.6 Å². The summed E-state index contributed by atoms with van der Waals surface area (Å²) in [5.41, 5.74) is 0. The number of likely N-dealkylation sites (tertiary alicyclic amines) is 1. The predicted octanol–water partition coefficient (Wildman–Crippen LogP) is 0.486. The second kappa shape index (κ2) is 10.4. The van der Waals surface area contributed by atoms with E-state index in [4.69, 9.17) is 9.47 Å². The second-order valence-electron chi connectivity index (χ2n) is 6.25. The third kappa shape index (κ3) is 6.52. The fraction of sp³-hybridized carbons (Fsp3) is 0.875. The number of piperidine rings is 1. The van der Waals surface area contributed by atoms with Gasteiger partial charge in [-0.25, -0.2) is 9.59 Å². The van der Waals surface area contributed by atoms with Crippen LogP contribution < -0.4 is 10.6 Å². The topological polar surface area (TPSA) is 83.1 Å². The number of hydrogen-bond acceptors (Lipinski definition) is 5. The summed E-state index contributed by atoms with van der Waals surface area (Å²) in [7, 11) is 0. The van der Waals surface area contributed by atoms with Crippen molar-refractivity contribution in [1.82, 2.24) is 20.4 Å². The van der Waals surface area contributed by atoms with Gasteiger partial charge in [0.15, 0.2) is 0 Å². The molecule has 1 atom stereocenters. The van der Waals surface area contributed by atoms with E-state index in [-0.39, 0.29) is 6.03 Å². The van der Waals surface area contributed by atoms with Crippen molar-refractivity contribution < 1.29 is 19.1 Å². The summed E-state index contributed by atoms with van der Waals surface area (Å²) in [5.74, 6) is 0.528. The molecular weight excluding hydrogens is 312 g/mol. The van der Waals surface area contributed by atoms with E-state index in [1.165, 1.54) is 6.42 Å².